The Morgan fingerprint density at radius 1 is 0.963 bits per heavy atom. The molecule has 0 N–H and O–H groups in total. The van der Waals surface area contributed by atoms with Crippen LogP contribution in [0.3, 0.4) is 0 Å². The van der Waals surface area contributed by atoms with E-state index in [1.54, 1.807) is 60.7 Å². The summed E-state index contributed by atoms with van der Waals surface area (Å²) in [7, 11) is 0. The number of hydrogen-bond acceptors (Lipinski definition) is 4. The van der Waals surface area contributed by atoms with Crippen molar-refractivity contribution in [2.45, 2.75) is 0 Å². The first-order valence-electron chi connectivity index (χ1n) is 7.91. The Kier molecular flexibility index (Phi) is 4.83. The van der Waals surface area contributed by atoms with E-state index < -0.39 is 0 Å². The summed E-state index contributed by atoms with van der Waals surface area (Å²) in [5.74, 6) is 0.624. The molecule has 0 atom stereocenters. The number of para-hydroxylation sites is 1. The highest BCUT2D eigenvalue weighted by Gasteiger charge is 2.36. The summed E-state index contributed by atoms with van der Waals surface area (Å²) in [5, 5.41) is 0.655. The second-order valence-electron chi connectivity index (χ2n) is 5.68. The van der Waals surface area contributed by atoms with E-state index in [1.807, 2.05) is 6.07 Å². The summed E-state index contributed by atoms with van der Waals surface area (Å²) in [4.78, 5) is 26.3. The molecule has 2 heterocycles. The summed E-state index contributed by atoms with van der Waals surface area (Å²) in [6, 6.07) is 17.4. The summed E-state index contributed by atoms with van der Waals surface area (Å²) in [5.41, 5.74) is 1.23. The van der Waals surface area contributed by atoms with Crippen molar-refractivity contribution < 1.29 is 14.0 Å². The minimum absolute atomic E-state index is 0.298. The van der Waals surface area contributed by atoms with Gasteiger partial charge in [-0.3, -0.25) is 9.59 Å². The molecule has 0 aliphatic carbocycles. The third kappa shape index (κ3) is 3.54. The average molecular weight is 416 g/mol. The summed E-state index contributed by atoms with van der Waals surface area (Å²) in [6.07, 6.45) is 1.56. The fraction of sp³-hybridized carbons (Fsp3) is 0. The maximum atomic E-state index is 12.6. The first kappa shape index (κ1) is 17.9. The molecule has 27 heavy (non-hydrogen) atoms. The second-order valence-corrected chi connectivity index (χ2v) is 7.52. The number of hydrogen-bond donors (Lipinski definition) is 0. The number of halogens is 2. The SMILES string of the molecule is O=C1S/C(=C/c2ccc(-c3ccc(Cl)cc3Cl)o2)C(=O)N1c1ccccc1. The number of rotatable bonds is 3. The molecule has 1 saturated heterocycles. The van der Waals surface area contributed by atoms with E-state index in [-0.39, 0.29) is 11.1 Å². The van der Waals surface area contributed by atoms with E-state index in [0.29, 0.717) is 37.7 Å². The minimum Gasteiger partial charge on any atom is -0.457 e. The molecule has 7 heteroatoms. The number of benzene rings is 2. The lowest BCUT2D eigenvalue weighted by atomic mass is 10.2. The predicted molar refractivity (Wildman–Crippen MR) is 109 cm³/mol. The van der Waals surface area contributed by atoms with Crippen LogP contribution in [-0.2, 0) is 4.79 Å². The van der Waals surface area contributed by atoms with E-state index in [4.69, 9.17) is 27.6 Å². The Labute approximate surface area is 169 Å². The van der Waals surface area contributed by atoms with Crippen molar-refractivity contribution in [2.24, 2.45) is 0 Å². The van der Waals surface area contributed by atoms with E-state index in [1.165, 1.54) is 0 Å². The van der Waals surface area contributed by atoms with Crippen LogP contribution in [0.2, 0.25) is 10.0 Å². The molecule has 0 unspecified atom stereocenters. The molecule has 0 radical (unpaired) electrons. The molecule has 1 aliphatic rings. The predicted octanol–water partition coefficient (Wildman–Crippen LogP) is 6.49. The fourth-order valence-corrected chi connectivity index (χ4v) is 3.98. The van der Waals surface area contributed by atoms with Gasteiger partial charge < -0.3 is 4.42 Å². The molecule has 3 aromatic rings. The summed E-state index contributed by atoms with van der Waals surface area (Å²) >= 11 is 13.0. The Balaban J connectivity index is 1.62. The van der Waals surface area contributed by atoms with E-state index in [9.17, 15) is 9.59 Å². The van der Waals surface area contributed by atoms with Gasteiger partial charge in [0.2, 0.25) is 0 Å². The molecular weight excluding hydrogens is 405 g/mol. The summed E-state index contributed by atoms with van der Waals surface area (Å²) in [6.45, 7) is 0. The Hall–Kier alpha value is -2.47. The van der Waals surface area contributed by atoms with Gasteiger partial charge in [-0.25, -0.2) is 4.90 Å². The third-order valence-corrected chi connectivity index (χ3v) is 5.32. The zero-order valence-corrected chi connectivity index (χ0v) is 16.0. The number of anilines is 1. The first-order valence-corrected chi connectivity index (χ1v) is 9.48. The number of nitrogens with zero attached hydrogens (tertiary/aromatic N) is 1. The molecule has 2 aromatic carbocycles. The van der Waals surface area contributed by atoms with Crippen LogP contribution >= 0.6 is 35.0 Å². The van der Waals surface area contributed by atoms with Gasteiger partial charge in [0.05, 0.1) is 15.6 Å². The van der Waals surface area contributed by atoms with Crippen molar-refractivity contribution in [3.63, 3.8) is 0 Å². The van der Waals surface area contributed by atoms with E-state index in [2.05, 4.69) is 0 Å². The smallest absolute Gasteiger partial charge is 0.298 e. The largest absolute Gasteiger partial charge is 0.457 e. The van der Waals surface area contributed by atoms with Crippen molar-refractivity contribution in [1.82, 2.24) is 0 Å². The van der Waals surface area contributed by atoms with Crippen LogP contribution in [0.4, 0.5) is 10.5 Å². The van der Waals surface area contributed by atoms with Crippen molar-refractivity contribution in [1.29, 1.82) is 0 Å². The number of furan rings is 1. The monoisotopic (exact) mass is 415 g/mol. The molecule has 4 nitrogen and oxygen atoms in total. The normalized spacial score (nSPS) is 15.8. The number of carbonyl (C=O) groups is 2. The maximum Gasteiger partial charge on any atom is 0.298 e. The van der Waals surface area contributed by atoms with Crippen LogP contribution in [0.1, 0.15) is 5.76 Å². The Morgan fingerprint density at radius 3 is 2.48 bits per heavy atom. The lowest BCUT2D eigenvalue weighted by molar-refractivity contribution is -0.113. The van der Waals surface area contributed by atoms with Crippen LogP contribution in [0.5, 0.6) is 0 Å². The van der Waals surface area contributed by atoms with Crippen LogP contribution in [0.15, 0.2) is 70.0 Å². The summed E-state index contributed by atoms with van der Waals surface area (Å²) < 4.78 is 5.78. The van der Waals surface area contributed by atoms with Crippen LogP contribution in [0.25, 0.3) is 17.4 Å². The van der Waals surface area contributed by atoms with Gasteiger partial charge in [0.25, 0.3) is 11.1 Å². The topological polar surface area (TPSA) is 50.5 Å². The van der Waals surface area contributed by atoms with Crippen LogP contribution in [0, 0.1) is 0 Å². The number of carbonyl (C=O) groups excluding carboxylic acids is 2. The van der Waals surface area contributed by atoms with Crippen molar-refractivity contribution in [3.05, 3.63) is 81.4 Å². The highest BCUT2D eigenvalue weighted by molar-refractivity contribution is 8.19. The van der Waals surface area contributed by atoms with E-state index in [0.717, 1.165) is 16.7 Å². The van der Waals surface area contributed by atoms with Crippen LogP contribution < -0.4 is 4.90 Å². The van der Waals surface area contributed by atoms with Gasteiger partial charge in [-0.1, -0.05) is 41.4 Å². The van der Waals surface area contributed by atoms with Gasteiger partial charge >= 0.3 is 0 Å². The quantitative estimate of drug-likeness (QED) is 0.458. The van der Waals surface area contributed by atoms with Crippen molar-refractivity contribution in [2.75, 3.05) is 4.90 Å². The van der Waals surface area contributed by atoms with Gasteiger partial charge in [0, 0.05) is 16.7 Å². The third-order valence-electron chi connectivity index (χ3n) is 3.90. The Bertz CT molecular complexity index is 1080. The highest BCUT2D eigenvalue weighted by atomic mass is 35.5. The van der Waals surface area contributed by atoms with Gasteiger partial charge in [0.1, 0.15) is 11.5 Å². The van der Waals surface area contributed by atoms with Gasteiger partial charge in [-0.05, 0) is 54.2 Å². The van der Waals surface area contributed by atoms with E-state index >= 15 is 0 Å². The molecule has 0 spiro atoms. The molecular formula is C20H11Cl2NO3S. The van der Waals surface area contributed by atoms with Crippen LogP contribution in [-0.4, -0.2) is 11.1 Å². The maximum absolute atomic E-state index is 12.6. The van der Waals surface area contributed by atoms with Crippen molar-refractivity contribution >= 4 is 57.9 Å². The lowest BCUT2D eigenvalue weighted by Crippen LogP contribution is -2.27. The molecule has 4 rings (SSSR count). The molecule has 134 valence electrons. The first-order chi connectivity index (χ1) is 13.0. The average Bonchev–Trinajstić information content (AvgIpc) is 3.21. The second kappa shape index (κ2) is 7.27. The van der Waals surface area contributed by atoms with Crippen molar-refractivity contribution in [3.8, 4) is 11.3 Å². The fourth-order valence-electron chi connectivity index (χ4n) is 2.66. The molecule has 2 amide bonds. The zero-order valence-electron chi connectivity index (χ0n) is 13.7. The molecule has 1 aliphatic heterocycles. The Morgan fingerprint density at radius 2 is 1.74 bits per heavy atom. The lowest BCUT2D eigenvalue weighted by Gasteiger charge is -2.11. The number of imide groups is 1. The molecule has 0 saturated carbocycles. The highest BCUT2D eigenvalue weighted by Crippen LogP contribution is 2.37. The van der Waals surface area contributed by atoms with Gasteiger partial charge in [0.15, 0.2) is 0 Å². The molecule has 1 aromatic heterocycles. The number of thioether (sulfide) groups is 1. The zero-order chi connectivity index (χ0) is 19.0. The molecule has 1 fully saturated rings. The van der Waals surface area contributed by atoms with Gasteiger partial charge in [-0.2, -0.15) is 0 Å². The standard InChI is InChI=1S/C20H11Cl2NO3S/c21-12-6-8-15(16(22)10-12)17-9-7-14(26-17)11-18-19(24)23(20(25)27-18)13-4-2-1-3-5-13/h1-11H/b18-11+. The molecule has 0 bridgehead atoms. The number of amides is 2. The minimum atomic E-state index is -0.376. The van der Waals surface area contributed by atoms with Gasteiger partial charge in [-0.15, -0.1) is 0 Å².